The van der Waals surface area contributed by atoms with Gasteiger partial charge in [0, 0.05) is 40.1 Å². The van der Waals surface area contributed by atoms with E-state index in [1.165, 1.54) is 4.88 Å². The number of thiophene rings is 1. The van der Waals surface area contributed by atoms with Gasteiger partial charge in [-0.25, -0.2) is 0 Å². The molecule has 27 heavy (non-hydrogen) atoms. The van der Waals surface area contributed by atoms with E-state index in [0.717, 1.165) is 31.4 Å². The topological polar surface area (TPSA) is 59.6 Å². The van der Waals surface area contributed by atoms with Crippen LogP contribution in [0.15, 0.2) is 40.7 Å². The number of halogens is 3. The van der Waals surface area contributed by atoms with Crippen molar-refractivity contribution in [2.45, 2.75) is 24.7 Å². The zero-order chi connectivity index (χ0) is 18.4. The molecule has 1 fully saturated rings. The Balaban J connectivity index is 0.00000261. The predicted molar refractivity (Wildman–Crippen MR) is 126 cm³/mol. The molecule has 0 unspecified atom stereocenters. The van der Waals surface area contributed by atoms with E-state index in [-0.39, 0.29) is 29.4 Å². The van der Waals surface area contributed by atoms with Gasteiger partial charge in [-0.2, -0.15) is 0 Å². The van der Waals surface area contributed by atoms with Gasteiger partial charge < -0.3 is 15.8 Å². The first kappa shape index (κ1) is 22.7. The largest absolute Gasteiger partial charge is 0.381 e. The summed E-state index contributed by atoms with van der Waals surface area (Å²) in [5.41, 5.74) is 6.99. The van der Waals surface area contributed by atoms with E-state index < -0.39 is 0 Å². The highest BCUT2D eigenvalue weighted by atomic mass is 127. The summed E-state index contributed by atoms with van der Waals surface area (Å²) in [7, 11) is 0. The van der Waals surface area contributed by atoms with Crippen LogP contribution in [-0.2, 0) is 16.6 Å². The van der Waals surface area contributed by atoms with Crippen molar-refractivity contribution in [3.63, 3.8) is 0 Å². The number of nitrogens with one attached hydrogen (secondary N) is 1. The Bertz CT molecular complexity index is 749. The lowest BCUT2D eigenvalue weighted by Gasteiger charge is -2.37. The maximum atomic E-state index is 6.49. The Morgan fingerprint density at radius 1 is 1.26 bits per heavy atom. The molecule has 2 heterocycles. The van der Waals surface area contributed by atoms with Gasteiger partial charge in [0.25, 0.3) is 0 Å². The predicted octanol–water partition coefficient (Wildman–Crippen LogP) is 4.87. The molecule has 1 saturated heterocycles. The van der Waals surface area contributed by atoms with Gasteiger partial charge >= 0.3 is 0 Å². The minimum Gasteiger partial charge on any atom is -0.381 e. The van der Waals surface area contributed by atoms with Crippen LogP contribution in [0.5, 0.6) is 0 Å². The Kier molecular flexibility index (Phi) is 9.14. The fraction of sp³-hybridized carbons (Fsp3) is 0.421. The molecule has 2 aromatic rings. The van der Waals surface area contributed by atoms with Crippen LogP contribution in [0.3, 0.4) is 0 Å². The Morgan fingerprint density at radius 3 is 2.70 bits per heavy atom. The molecule has 3 rings (SSSR count). The van der Waals surface area contributed by atoms with E-state index in [0.29, 0.717) is 35.8 Å². The van der Waals surface area contributed by atoms with Crippen molar-refractivity contribution in [1.82, 2.24) is 5.32 Å². The summed E-state index contributed by atoms with van der Waals surface area (Å²) >= 11 is 14.3. The second kappa shape index (κ2) is 10.9. The number of guanidine groups is 1. The molecule has 1 aromatic carbocycles. The summed E-state index contributed by atoms with van der Waals surface area (Å²) in [5.74, 6) is 0.470. The fourth-order valence-electron chi connectivity index (χ4n) is 3.26. The lowest BCUT2D eigenvalue weighted by atomic mass is 9.74. The molecule has 1 aliphatic heterocycles. The molecule has 0 atom stereocenters. The van der Waals surface area contributed by atoms with Crippen LogP contribution >= 0.6 is 58.5 Å². The van der Waals surface area contributed by atoms with Crippen molar-refractivity contribution in [3.8, 4) is 0 Å². The van der Waals surface area contributed by atoms with Crippen LogP contribution in [0, 0.1) is 0 Å². The van der Waals surface area contributed by atoms with Gasteiger partial charge in [0.15, 0.2) is 5.96 Å². The van der Waals surface area contributed by atoms with Crippen LogP contribution in [0.2, 0.25) is 10.0 Å². The van der Waals surface area contributed by atoms with Crippen molar-refractivity contribution in [1.29, 1.82) is 0 Å². The number of ether oxygens (including phenoxy) is 1. The van der Waals surface area contributed by atoms with Gasteiger partial charge in [-0.1, -0.05) is 35.3 Å². The monoisotopic (exact) mass is 539 g/mol. The second-order valence-electron chi connectivity index (χ2n) is 6.47. The van der Waals surface area contributed by atoms with Crippen molar-refractivity contribution >= 4 is 64.5 Å². The van der Waals surface area contributed by atoms with Gasteiger partial charge in [0.2, 0.25) is 0 Å². The van der Waals surface area contributed by atoms with E-state index in [1.807, 2.05) is 12.1 Å². The standard InChI is InChI=1S/C19H23Cl2N3OS.HI/c20-14-3-4-16(17(21)12-14)19(6-9-25-10-7-19)13-24-18(22)23-8-5-15-2-1-11-26-15;/h1-4,11-12H,5-10,13H2,(H3,22,23,24);1H. The average Bonchev–Trinajstić information content (AvgIpc) is 3.14. The van der Waals surface area contributed by atoms with E-state index in [4.69, 9.17) is 33.7 Å². The quantitative estimate of drug-likeness (QED) is 0.313. The molecule has 4 nitrogen and oxygen atoms in total. The number of nitrogens with zero attached hydrogens (tertiary/aromatic N) is 1. The highest BCUT2D eigenvalue weighted by molar-refractivity contribution is 14.0. The first-order valence-corrected chi connectivity index (χ1v) is 10.3. The number of hydrogen-bond donors (Lipinski definition) is 2. The zero-order valence-electron chi connectivity index (χ0n) is 14.9. The highest BCUT2D eigenvalue weighted by Crippen LogP contribution is 2.39. The minimum atomic E-state index is -0.167. The lowest BCUT2D eigenvalue weighted by molar-refractivity contribution is 0.0531. The number of aliphatic imine (C=N–C) groups is 1. The Morgan fingerprint density at radius 2 is 2.04 bits per heavy atom. The van der Waals surface area contributed by atoms with Crippen LogP contribution in [0.25, 0.3) is 0 Å². The Hall–Kier alpha value is -0.540. The molecule has 0 radical (unpaired) electrons. The zero-order valence-corrected chi connectivity index (χ0v) is 19.6. The number of nitrogens with two attached hydrogens (primary N) is 1. The maximum absolute atomic E-state index is 6.49. The molecule has 0 aliphatic carbocycles. The summed E-state index contributed by atoms with van der Waals surface area (Å²) in [5, 5.41) is 6.60. The summed E-state index contributed by atoms with van der Waals surface area (Å²) < 4.78 is 5.56. The first-order chi connectivity index (χ1) is 12.6. The fourth-order valence-corrected chi connectivity index (χ4v) is 4.57. The summed E-state index contributed by atoms with van der Waals surface area (Å²) in [6.07, 6.45) is 2.66. The van der Waals surface area contributed by atoms with E-state index >= 15 is 0 Å². The molecule has 0 amide bonds. The number of hydrogen-bond acceptors (Lipinski definition) is 3. The van der Waals surface area contributed by atoms with Gasteiger partial charge in [-0.05, 0) is 48.4 Å². The summed E-state index contributed by atoms with van der Waals surface area (Å²) in [6, 6.07) is 9.86. The SMILES string of the molecule is I.NC(=NCC1(c2ccc(Cl)cc2Cl)CCOCC1)NCCc1cccs1. The van der Waals surface area contributed by atoms with Crippen molar-refractivity contribution < 1.29 is 4.74 Å². The van der Waals surface area contributed by atoms with Crippen LogP contribution < -0.4 is 11.1 Å². The van der Waals surface area contributed by atoms with Gasteiger partial charge in [-0.15, -0.1) is 35.3 Å². The van der Waals surface area contributed by atoms with Crippen molar-refractivity contribution in [2.24, 2.45) is 10.7 Å². The maximum Gasteiger partial charge on any atom is 0.188 e. The van der Waals surface area contributed by atoms with Gasteiger partial charge in [0.1, 0.15) is 0 Å². The van der Waals surface area contributed by atoms with E-state index in [2.05, 4.69) is 27.8 Å². The lowest BCUT2D eigenvalue weighted by Crippen LogP contribution is -2.39. The Labute approximate surface area is 191 Å². The average molecular weight is 540 g/mol. The van der Waals surface area contributed by atoms with Crippen LogP contribution in [0.4, 0.5) is 0 Å². The smallest absolute Gasteiger partial charge is 0.188 e. The molecule has 0 saturated carbocycles. The molecule has 1 aliphatic rings. The van der Waals surface area contributed by atoms with Gasteiger partial charge in [-0.3, -0.25) is 4.99 Å². The van der Waals surface area contributed by atoms with E-state index in [1.54, 1.807) is 17.4 Å². The number of benzene rings is 1. The first-order valence-electron chi connectivity index (χ1n) is 8.68. The van der Waals surface area contributed by atoms with Crippen LogP contribution in [0.1, 0.15) is 23.3 Å². The molecule has 148 valence electrons. The van der Waals surface area contributed by atoms with E-state index in [9.17, 15) is 0 Å². The molecule has 8 heteroatoms. The summed E-state index contributed by atoms with van der Waals surface area (Å²) in [6.45, 7) is 2.74. The van der Waals surface area contributed by atoms with Gasteiger partial charge in [0.05, 0.1) is 6.54 Å². The normalized spacial score (nSPS) is 16.6. The molecule has 3 N–H and O–H groups in total. The van der Waals surface area contributed by atoms with Crippen molar-refractivity contribution in [3.05, 3.63) is 56.2 Å². The van der Waals surface area contributed by atoms with Crippen molar-refractivity contribution in [2.75, 3.05) is 26.3 Å². The molecular formula is C19H24Cl2IN3OS. The van der Waals surface area contributed by atoms with Crippen LogP contribution in [-0.4, -0.2) is 32.3 Å². The third-order valence-corrected chi connectivity index (χ3v) is 6.25. The molecule has 0 spiro atoms. The third kappa shape index (κ3) is 6.22. The molecule has 0 bridgehead atoms. The second-order valence-corrected chi connectivity index (χ2v) is 8.35. The third-order valence-electron chi connectivity index (χ3n) is 4.76. The molecular weight excluding hydrogens is 516 g/mol. The highest BCUT2D eigenvalue weighted by Gasteiger charge is 2.36. The number of rotatable bonds is 6. The minimum absolute atomic E-state index is 0. The summed E-state index contributed by atoms with van der Waals surface area (Å²) in [4.78, 5) is 5.95. The molecule has 1 aromatic heterocycles.